The molecule has 1 aromatic heterocycles. The molecular formula is C12H19N3O. The van der Waals surface area contributed by atoms with Crippen molar-refractivity contribution >= 4 is 0 Å². The number of hydrogen-bond donors (Lipinski definition) is 1. The highest BCUT2D eigenvalue weighted by Crippen LogP contribution is 2.29. The molecule has 1 fully saturated rings. The number of likely N-dealkylation sites (tertiary alicyclic amines) is 1. The van der Waals surface area contributed by atoms with Crippen LogP contribution in [0.4, 0.5) is 0 Å². The second kappa shape index (κ2) is 4.37. The van der Waals surface area contributed by atoms with Gasteiger partial charge in [-0.2, -0.15) is 5.10 Å². The summed E-state index contributed by atoms with van der Waals surface area (Å²) < 4.78 is 0. The van der Waals surface area contributed by atoms with Gasteiger partial charge in [-0.15, -0.1) is 0 Å². The molecule has 1 aliphatic heterocycles. The van der Waals surface area contributed by atoms with Crippen LogP contribution in [0, 0.1) is 5.41 Å². The maximum absolute atomic E-state index is 10.9. The molecule has 0 saturated carbocycles. The molecule has 0 unspecified atom stereocenters. The Morgan fingerprint density at radius 3 is 2.62 bits per heavy atom. The minimum absolute atomic E-state index is 0.136. The van der Waals surface area contributed by atoms with Crippen molar-refractivity contribution in [2.45, 2.75) is 33.2 Å². The van der Waals surface area contributed by atoms with Crippen molar-refractivity contribution in [1.29, 1.82) is 0 Å². The molecule has 0 bridgehead atoms. The molecular weight excluding hydrogens is 202 g/mol. The minimum Gasteiger partial charge on any atom is -0.297 e. The van der Waals surface area contributed by atoms with Gasteiger partial charge in [0, 0.05) is 12.6 Å². The molecule has 0 spiro atoms. The molecule has 0 atom stereocenters. The Bertz CT molecular complexity index is 380. The zero-order valence-electron chi connectivity index (χ0n) is 9.99. The van der Waals surface area contributed by atoms with Crippen molar-refractivity contribution in [2.75, 3.05) is 13.1 Å². The number of aromatic nitrogens is 2. The van der Waals surface area contributed by atoms with Gasteiger partial charge < -0.3 is 0 Å². The molecule has 0 aromatic carbocycles. The number of nitrogens with one attached hydrogen (secondary N) is 1. The van der Waals surface area contributed by atoms with E-state index < -0.39 is 0 Å². The first-order valence-corrected chi connectivity index (χ1v) is 5.82. The summed E-state index contributed by atoms with van der Waals surface area (Å²) in [5, 5.41) is 6.50. The van der Waals surface area contributed by atoms with Crippen LogP contribution in [-0.2, 0) is 6.54 Å². The number of rotatable bonds is 2. The Morgan fingerprint density at radius 2 is 2.06 bits per heavy atom. The Balaban J connectivity index is 1.92. The number of hydrogen-bond acceptors (Lipinski definition) is 3. The zero-order chi connectivity index (χ0) is 11.6. The van der Waals surface area contributed by atoms with Crippen molar-refractivity contribution in [3.05, 3.63) is 28.2 Å². The summed E-state index contributed by atoms with van der Waals surface area (Å²) >= 11 is 0. The number of aromatic amines is 1. The normalized spacial score (nSPS) is 20.9. The van der Waals surface area contributed by atoms with Gasteiger partial charge in [0.05, 0.1) is 5.69 Å². The number of nitrogens with zero attached hydrogens (tertiary/aromatic N) is 2. The summed E-state index contributed by atoms with van der Waals surface area (Å²) in [6, 6.07) is 3.34. The predicted molar refractivity (Wildman–Crippen MR) is 63.1 cm³/mol. The van der Waals surface area contributed by atoms with Crippen LogP contribution in [0.25, 0.3) is 0 Å². The molecule has 1 N–H and O–H groups in total. The quantitative estimate of drug-likeness (QED) is 0.821. The van der Waals surface area contributed by atoms with Crippen LogP contribution in [0.3, 0.4) is 0 Å². The third-order valence-corrected chi connectivity index (χ3v) is 3.33. The third-order valence-electron chi connectivity index (χ3n) is 3.33. The topological polar surface area (TPSA) is 49.0 Å². The molecule has 0 aliphatic carbocycles. The molecule has 16 heavy (non-hydrogen) atoms. The first-order chi connectivity index (χ1) is 7.55. The summed E-state index contributed by atoms with van der Waals surface area (Å²) in [6.45, 7) is 7.72. The lowest BCUT2D eigenvalue weighted by atomic mass is 9.83. The lowest BCUT2D eigenvalue weighted by Crippen LogP contribution is -2.37. The molecule has 0 amide bonds. The monoisotopic (exact) mass is 221 g/mol. The standard InChI is InChI=1S/C12H19N3O/c1-12(2)5-7-15(8-6-12)9-10-3-4-11(16)14-13-10/h3-4H,5-9H2,1-2H3,(H,14,16). The molecule has 1 saturated heterocycles. The number of H-pyrrole nitrogens is 1. The molecule has 2 heterocycles. The van der Waals surface area contributed by atoms with Gasteiger partial charge in [0.15, 0.2) is 0 Å². The third kappa shape index (κ3) is 2.92. The highest BCUT2D eigenvalue weighted by molar-refractivity contribution is 4.99. The van der Waals surface area contributed by atoms with Gasteiger partial charge in [0.25, 0.3) is 5.56 Å². The predicted octanol–water partition coefficient (Wildman–Crippen LogP) is 1.39. The first-order valence-electron chi connectivity index (χ1n) is 5.82. The van der Waals surface area contributed by atoms with E-state index in [0.29, 0.717) is 5.41 Å². The van der Waals surface area contributed by atoms with E-state index >= 15 is 0 Å². The van der Waals surface area contributed by atoms with Crippen LogP contribution in [0.15, 0.2) is 16.9 Å². The van der Waals surface area contributed by atoms with Gasteiger partial charge >= 0.3 is 0 Å². The number of piperidine rings is 1. The Morgan fingerprint density at radius 1 is 1.38 bits per heavy atom. The van der Waals surface area contributed by atoms with E-state index in [1.807, 2.05) is 0 Å². The lowest BCUT2D eigenvalue weighted by Gasteiger charge is -2.36. The van der Waals surface area contributed by atoms with Gasteiger partial charge in [0.1, 0.15) is 0 Å². The van der Waals surface area contributed by atoms with Crippen molar-refractivity contribution in [3.8, 4) is 0 Å². The highest BCUT2D eigenvalue weighted by atomic mass is 16.1. The molecule has 4 heteroatoms. The fourth-order valence-corrected chi connectivity index (χ4v) is 2.01. The molecule has 4 nitrogen and oxygen atoms in total. The second-order valence-corrected chi connectivity index (χ2v) is 5.35. The van der Waals surface area contributed by atoms with Gasteiger partial charge in [-0.05, 0) is 37.4 Å². The van der Waals surface area contributed by atoms with Crippen molar-refractivity contribution < 1.29 is 0 Å². The van der Waals surface area contributed by atoms with Crippen LogP contribution >= 0.6 is 0 Å². The average molecular weight is 221 g/mol. The van der Waals surface area contributed by atoms with E-state index in [4.69, 9.17) is 0 Å². The molecule has 2 rings (SSSR count). The molecule has 88 valence electrons. The molecule has 1 aliphatic rings. The maximum atomic E-state index is 10.9. The first kappa shape index (κ1) is 11.3. The summed E-state index contributed by atoms with van der Waals surface area (Å²) in [5.41, 5.74) is 1.29. The van der Waals surface area contributed by atoms with Crippen molar-refractivity contribution in [1.82, 2.24) is 15.1 Å². The Labute approximate surface area is 95.7 Å². The van der Waals surface area contributed by atoms with Crippen molar-refractivity contribution in [2.24, 2.45) is 5.41 Å². The smallest absolute Gasteiger partial charge is 0.264 e. The lowest BCUT2D eigenvalue weighted by molar-refractivity contribution is 0.125. The van der Waals surface area contributed by atoms with Gasteiger partial charge in [-0.1, -0.05) is 13.8 Å². The van der Waals surface area contributed by atoms with Crippen LogP contribution in [0.2, 0.25) is 0 Å². The van der Waals surface area contributed by atoms with Gasteiger partial charge in [-0.25, -0.2) is 5.10 Å². The van der Waals surface area contributed by atoms with E-state index in [1.54, 1.807) is 6.07 Å². The minimum atomic E-state index is -0.136. The molecule has 0 radical (unpaired) electrons. The zero-order valence-corrected chi connectivity index (χ0v) is 9.99. The van der Waals surface area contributed by atoms with E-state index in [0.717, 1.165) is 25.3 Å². The maximum Gasteiger partial charge on any atom is 0.264 e. The second-order valence-electron chi connectivity index (χ2n) is 5.35. The van der Waals surface area contributed by atoms with Crippen LogP contribution in [-0.4, -0.2) is 28.2 Å². The highest BCUT2D eigenvalue weighted by Gasteiger charge is 2.25. The average Bonchev–Trinajstić information content (AvgIpc) is 2.24. The summed E-state index contributed by atoms with van der Waals surface area (Å²) in [5.74, 6) is 0. The van der Waals surface area contributed by atoms with E-state index in [-0.39, 0.29) is 5.56 Å². The summed E-state index contributed by atoms with van der Waals surface area (Å²) in [4.78, 5) is 13.3. The van der Waals surface area contributed by atoms with Crippen LogP contribution < -0.4 is 5.56 Å². The SMILES string of the molecule is CC1(C)CCN(Cc2ccc(=O)[nH]n2)CC1. The van der Waals surface area contributed by atoms with Gasteiger partial charge in [-0.3, -0.25) is 9.69 Å². The van der Waals surface area contributed by atoms with E-state index in [2.05, 4.69) is 28.9 Å². The largest absolute Gasteiger partial charge is 0.297 e. The molecule has 1 aromatic rings. The Kier molecular flexibility index (Phi) is 3.10. The van der Waals surface area contributed by atoms with Gasteiger partial charge in [0.2, 0.25) is 0 Å². The Hall–Kier alpha value is -1.16. The summed E-state index contributed by atoms with van der Waals surface area (Å²) in [7, 11) is 0. The van der Waals surface area contributed by atoms with Crippen molar-refractivity contribution in [3.63, 3.8) is 0 Å². The summed E-state index contributed by atoms with van der Waals surface area (Å²) in [6.07, 6.45) is 2.46. The fourth-order valence-electron chi connectivity index (χ4n) is 2.01. The van der Waals surface area contributed by atoms with Crippen LogP contribution in [0.1, 0.15) is 32.4 Å². The van der Waals surface area contributed by atoms with E-state index in [1.165, 1.54) is 18.9 Å². The van der Waals surface area contributed by atoms with Crippen LogP contribution in [0.5, 0.6) is 0 Å². The fraction of sp³-hybridized carbons (Fsp3) is 0.667. The van der Waals surface area contributed by atoms with E-state index in [9.17, 15) is 4.79 Å².